The van der Waals surface area contributed by atoms with Crippen LogP contribution in [0.3, 0.4) is 0 Å². The van der Waals surface area contributed by atoms with Crippen LogP contribution in [0.1, 0.15) is 39.0 Å². The van der Waals surface area contributed by atoms with Gasteiger partial charge in [0.15, 0.2) is 0 Å². The number of hydrogen-bond acceptors (Lipinski definition) is 3. The predicted molar refractivity (Wildman–Crippen MR) is 89.7 cm³/mol. The molecular formula is C18H26N2O3. The number of urea groups is 1. The molecule has 1 heterocycles. The molecule has 1 aliphatic carbocycles. The molecule has 2 N–H and O–H groups in total. The van der Waals surface area contributed by atoms with Gasteiger partial charge >= 0.3 is 6.03 Å². The van der Waals surface area contributed by atoms with Crippen molar-refractivity contribution in [2.45, 2.75) is 51.2 Å². The Morgan fingerprint density at radius 2 is 1.96 bits per heavy atom. The third kappa shape index (κ3) is 3.78. The number of amides is 2. The first kappa shape index (κ1) is 16.1. The SMILES string of the molecule is C[C@@H]1CCN(C(=O)Nc2ccc(OC3CCCC3)cc2)[C@H]1CO. The highest BCUT2D eigenvalue weighted by Crippen LogP contribution is 2.26. The van der Waals surface area contributed by atoms with E-state index in [4.69, 9.17) is 4.74 Å². The van der Waals surface area contributed by atoms with Gasteiger partial charge in [-0.15, -0.1) is 0 Å². The molecule has 0 bridgehead atoms. The first-order valence-corrected chi connectivity index (χ1v) is 8.62. The lowest BCUT2D eigenvalue weighted by molar-refractivity contribution is 0.152. The summed E-state index contributed by atoms with van der Waals surface area (Å²) in [5.74, 6) is 1.20. The van der Waals surface area contributed by atoms with Crippen LogP contribution in [-0.4, -0.2) is 41.3 Å². The molecule has 1 aromatic rings. The largest absolute Gasteiger partial charge is 0.490 e. The number of carbonyl (C=O) groups is 1. The molecule has 0 spiro atoms. The highest BCUT2D eigenvalue weighted by Gasteiger charge is 2.33. The van der Waals surface area contributed by atoms with Crippen LogP contribution < -0.4 is 10.1 Å². The number of nitrogens with zero attached hydrogens (tertiary/aromatic N) is 1. The number of carbonyl (C=O) groups excluding carboxylic acids is 1. The third-order valence-corrected chi connectivity index (χ3v) is 5.04. The minimum atomic E-state index is -0.141. The molecular weight excluding hydrogens is 292 g/mol. The zero-order valence-corrected chi connectivity index (χ0v) is 13.7. The highest BCUT2D eigenvalue weighted by atomic mass is 16.5. The minimum absolute atomic E-state index is 0.0166. The van der Waals surface area contributed by atoms with Crippen LogP contribution in [0, 0.1) is 5.92 Å². The standard InChI is InChI=1S/C18H26N2O3/c1-13-10-11-20(17(13)12-21)18(22)19-14-6-8-16(9-7-14)23-15-4-2-3-5-15/h6-9,13,15,17,21H,2-5,10-12H2,1H3,(H,19,22)/t13-,17+/m1/s1. The summed E-state index contributed by atoms with van der Waals surface area (Å²) in [7, 11) is 0. The van der Waals surface area contributed by atoms with Gasteiger partial charge in [0.05, 0.1) is 18.8 Å². The first-order valence-electron chi connectivity index (χ1n) is 8.62. The number of likely N-dealkylation sites (tertiary alicyclic amines) is 1. The van der Waals surface area contributed by atoms with Crippen LogP contribution in [-0.2, 0) is 0 Å². The summed E-state index contributed by atoms with van der Waals surface area (Å²) in [6.45, 7) is 2.78. The summed E-state index contributed by atoms with van der Waals surface area (Å²) in [5.41, 5.74) is 0.755. The lowest BCUT2D eigenvalue weighted by atomic mass is 10.0. The van der Waals surface area contributed by atoms with Gasteiger partial charge in [-0.2, -0.15) is 0 Å². The van der Waals surface area contributed by atoms with Gasteiger partial charge < -0.3 is 20.1 Å². The Labute approximate surface area is 137 Å². The van der Waals surface area contributed by atoms with Crippen molar-refractivity contribution < 1.29 is 14.6 Å². The van der Waals surface area contributed by atoms with Gasteiger partial charge in [-0.05, 0) is 62.3 Å². The van der Waals surface area contributed by atoms with E-state index in [0.717, 1.165) is 30.7 Å². The Balaban J connectivity index is 1.56. The Kier molecular flexibility index (Phi) is 5.06. The topological polar surface area (TPSA) is 61.8 Å². The summed E-state index contributed by atoms with van der Waals surface area (Å²) < 4.78 is 5.93. The quantitative estimate of drug-likeness (QED) is 0.896. The van der Waals surface area contributed by atoms with E-state index in [0.29, 0.717) is 18.6 Å². The summed E-state index contributed by atoms with van der Waals surface area (Å²) in [4.78, 5) is 14.1. The monoisotopic (exact) mass is 318 g/mol. The Hall–Kier alpha value is -1.75. The Morgan fingerprint density at radius 1 is 1.26 bits per heavy atom. The van der Waals surface area contributed by atoms with Gasteiger partial charge in [0.25, 0.3) is 0 Å². The van der Waals surface area contributed by atoms with Gasteiger partial charge in [-0.3, -0.25) is 0 Å². The van der Waals surface area contributed by atoms with E-state index in [1.807, 2.05) is 24.3 Å². The maximum absolute atomic E-state index is 12.4. The van der Waals surface area contributed by atoms with Crippen molar-refractivity contribution in [2.75, 3.05) is 18.5 Å². The number of ether oxygens (including phenoxy) is 1. The van der Waals surface area contributed by atoms with Gasteiger partial charge in [0, 0.05) is 12.2 Å². The van der Waals surface area contributed by atoms with Crippen LogP contribution in [0.5, 0.6) is 5.75 Å². The Morgan fingerprint density at radius 3 is 2.61 bits per heavy atom. The van der Waals surface area contributed by atoms with Gasteiger partial charge in [0.1, 0.15) is 5.75 Å². The van der Waals surface area contributed by atoms with Crippen molar-refractivity contribution in [3.8, 4) is 5.75 Å². The molecule has 3 rings (SSSR count). The number of anilines is 1. The molecule has 1 aromatic carbocycles. The fourth-order valence-corrected chi connectivity index (χ4v) is 3.55. The van der Waals surface area contributed by atoms with Crippen molar-refractivity contribution in [3.05, 3.63) is 24.3 Å². The summed E-state index contributed by atoms with van der Waals surface area (Å²) in [6, 6.07) is 7.33. The second kappa shape index (κ2) is 7.21. The number of hydrogen-bond donors (Lipinski definition) is 2. The zero-order chi connectivity index (χ0) is 16.2. The average molecular weight is 318 g/mol. The average Bonchev–Trinajstić information content (AvgIpc) is 3.18. The van der Waals surface area contributed by atoms with E-state index in [1.54, 1.807) is 4.90 Å². The number of benzene rings is 1. The molecule has 0 aromatic heterocycles. The third-order valence-electron chi connectivity index (χ3n) is 5.04. The fourth-order valence-electron chi connectivity index (χ4n) is 3.55. The van der Waals surface area contributed by atoms with Crippen molar-refractivity contribution in [1.29, 1.82) is 0 Å². The number of nitrogens with one attached hydrogen (secondary N) is 1. The lowest BCUT2D eigenvalue weighted by Gasteiger charge is -2.25. The molecule has 0 unspecified atom stereocenters. The van der Waals surface area contributed by atoms with E-state index in [9.17, 15) is 9.90 Å². The maximum Gasteiger partial charge on any atom is 0.322 e. The maximum atomic E-state index is 12.4. The molecule has 1 saturated carbocycles. The summed E-state index contributed by atoms with van der Waals surface area (Å²) in [6.07, 6.45) is 6.04. The van der Waals surface area contributed by atoms with Gasteiger partial charge in [-0.1, -0.05) is 6.92 Å². The number of aliphatic hydroxyl groups excluding tert-OH is 1. The highest BCUT2D eigenvalue weighted by molar-refractivity contribution is 5.89. The first-order chi connectivity index (χ1) is 11.2. The van der Waals surface area contributed by atoms with Crippen molar-refractivity contribution in [1.82, 2.24) is 4.90 Å². The molecule has 2 fully saturated rings. The Bertz CT molecular complexity index is 526. The van der Waals surface area contributed by atoms with E-state index in [-0.39, 0.29) is 18.7 Å². The van der Waals surface area contributed by atoms with E-state index >= 15 is 0 Å². The molecule has 1 aliphatic heterocycles. The predicted octanol–water partition coefficient (Wildman–Crippen LogP) is 3.24. The van der Waals surface area contributed by atoms with E-state index in [1.165, 1.54) is 12.8 Å². The van der Waals surface area contributed by atoms with Crippen LogP contribution in [0.25, 0.3) is 0 Å². The smallest absolute Gasteiger partial charge is 0.322 e. The van der Waals surface area contributed by atoms with Crippen LogP contribution in [0.15, 0.2) is 24.3 Å². The van der Waals surface area contributed by atoms with E-state index < -0.39 is 0 Å². The zero-order valence-electron chi connectivity index (χ0n) is 13.7. The number of rotatable bonds is 4. The van der Waals surface area contributed by atoms with Crippen molar-refractivity contribution in [2.24, 2.45) is 5.92 Å². The normalized spacial score (nSPS) is 24.9. The van der Waals surface area contributed by atoms with Crippen LogP contribution in [0.2, 0.25) is 0 Å². The van der Waals surface area contributed by atoms with Crippen molar-refractivity contribution >= 4 is 11.7 Å². The molecule has 126 valence electrons. The van der Waals surface area contributed by atoms with Gasteiger partial charge in [0.2, 0.25) is 0 Å². The summed E-state index contributed by atoms with van der Waals surface area (Å²) in [5, 5.41) is 12.4. The molecule has 23 heavy (non-hydrogen) atoms. The minimum Gasteiger partial charge on any atom is -0.490 e. The molecule has 5 heteroatoms. The number of aliphatic hydroxyl groups is 1. The van der Waals surface area contributed by atoms with Gasteiger partial charge in [-0.25, -0.2) is 4.79 Å². The van der Waals surface area contributed by atoms with Crippen LogP contribution >= 0.6 is 0 Å². The molecule has 2 amide bonds. The second-order valence-electron chi connectivity index (χ2n) is 6.69. The lowest BCUT2D eigenvalue weighted by Crippen LogP contribution is -2.42. The second-order valence-corrected chi connectivity index (χ2v) is 6.69. The van der Waals surface area contributed by atoms with E-state index in [2.05, 4.69) is 12.2 Å². The molecule has 5 nitrogen and oxygen atoms in total. The molecule has 2 aliphatic rings. The molecule has 1 saturated heterocycles. The van der Waals surface area contributed by atoms with Crippen molar-refractivity contribution in [3.63, 3.8) is 0 Å². The molecule has 0 radical (unpaired) electrons. The van der Waals surface area contributed by atoms with Crippen LogP contribution in [0.4, 0.5) is 10.5 Å². The molecule has 2 atom stereocenters. The summed E-state index contributed by atoms with van der Waals surface area (Å²) >= 11 is 0. The fraction of sp³-hybridized carbons (Fsp3) is 0.611.